The average molecular weight is 244 g/mol. The Morgan fingerprint density at radius 3 is 2.18 bits per heavy atom. The first-order valence-electron chi connectivity index (χ1n) is 6.17. The van der Waals surface area contributed by atoms with E-state index in [1.54, 1.807) is 0 Å². The third-order valence-corrected chi connectivity index (χ3v) is 3.10. The summed E-state index contributed by atoms with van der Waals surface area (Å²) >= 11 is 0. The number of carbonyl (C=O) groups is 2. The highest BCUT2D eigenvalue weighted by molar-refractivity contribution is 5.90. The van der Waals surface area contributed by atoms with Crippen LogP contribution in [0.4, 0.5) is 0 Å². The van der Waals surface area contributed by atoms with E-state index >= 15 is 0 Å². The van der Waals surface area contributed by atoms with Crippen LogP contribution in [0, 0.1) is 5.92 Å². The fourth-order valence-electron chi connectivity index (χ4n) is 1.57. The molecule has 100 valence electrons. The van der Waals surface area contributed by atoms with Crippen molar-refractivity contribution in [1.29, 1.82) is 0 Å². The summed E-state index contributed by atoms with van der Waals surface area (Å²) in [4.78, 5) is 22.5. The molecule has 0 rings (SSSR count). The minimum atomic E-state index is -1.96. The molecule has 1 atom stereocenters. The summed E-state index contributed by atoms with van der Waals surface area (Å²) in [7, 11) is 0. The Morgan fingerprint density at radius 1 is 1.18 bits per heavy atom. The Balaban J connectivity index is 4.02. The lowest BCUT2D eigenvalue weighted by Gasteiger charge is -2.25. The van der Waals surface area contributed by atoms with Gasteiger partial charge < -0.3 is 16.6 Å². The second kappa shape index (κ2) is 7.40. The molecule has 0 amide bonds. The van der Waals surface area contributed by atoms with Crippen molar-refractivity contribution in [1.82, 2.24) is 0 Å². The van der Waals surface area contributed by atoms with E-state index in [2.05, 4.69) is 6.92 Å². The Hall–Kier alpha value is -0.940. The van der Waals surface area contributed by atoms with Crippen molar-refractivity contribution in [2.24, 2.45) is 17.4 Å². The molecule has 0 aliphatic rings. The summed E-state index contributed by atoms with van der Waals surface area (Å²) in [6.45, 7) is 3.60. The van der Waals surface area contributed by atoms with Crippen LogP contribution in [0.3, 0.4) is 0 Å². The van der Waals surface area contributed by atoms with Crippen molar-refractivity contribution in [2.75, 3.05) is 0 Å². The van der Waals surface area contributed by atoms with Crippen molar-refractivity contribution in [2.45, 2.75) is 58.0 Å². The number of carboxylic acids is 1. The van der Waals surface area contributed by atoms with Crippen LogP contribution in [0.15, 0.2) is 0 Å². The van der Waals surface area contributed by atoms with Gasteiger partial charge in [0.2, 0.25) is 0 Å². The topological polar surface area (TPSA) is 106 Å². The Labute approximate surface area is 103 Å². The van der Waals surface area contributed by atoms with Gasteiger partial charge in [0.25, 0.3) is 0 Å². The van der Waals surface area contributed by atoms with E-state index < -0.39 is 17.6 Å². The summed E-state index contributed by atoms with van der Waals surface area (Å²) in [5, 5.41) is 8.80. The van der Waals surface area contributed by atoms with Crippen molar-refractivity contribution in [3.05, 3.63) is 0 Å². The molecule has 0 aromatic heterocycles. The fraction of sp³-hybridized carbons (Fsp3) is 0.833. The highest BCUT2D eigenvalue weighted by Crippen LogP contribution is 2.15. The molecule has 17 heavy (non-hydrogen) atoms. The molecule has 0 aromatic carbocycles. The lowest BCUT2D eigenvalue weighted by molar-refractivity contribution is -0.148. The van der Waals surface area contributed by atoms with E-state index in [0.717, 1.165) is 32.1 Å². The molecule has 5 nitrogen and oxygen atoms in total. The minimum absolute atomic E-state index is 0.172. The average Bonchev–Trinajstić information content (AvgIpc) is 2.27. The van der Waals surface area contributed by atoms with Crippen molar-refractivity contribution in [3.8, 4) is 0 Å². The largest absolute Gasteiger partial charge is 0.479 e. The molecule has 0 radical (unpaired) electrons. The number of hydrogen-bond donors (Lipinski definition) is 3. The number of Topliss-reactive ketones (excluding diaryl/α,β-unsaturated/α-hetero) is 1. The van der Waals surface area contributed by atoms with E-state index in [1.807, 2.05) is 0 Å². The zero-order chi connectivity index (χ0) is 13.5. The van der Waals surface area contributed by atoms with E-state index in [1.165, 1.54) is 6.92 Å². The second-order valence-corrected chi connectivity index (χ2v) is 4.59. The molecule has 0 aliphatic heterocycles. The monoisotopic (exact) mass is 244 g/mol. The van der Waals surface area contributed by atoms with Gasteiger partial charge in [0, 0.05) is 6.42 Å². The number of aliphatic carboxylic acids is 1. The highest BCUT2D eigenvalue weighted by Gasteiger charge is 2.39. The Morgan fingerprint density at radius 2 is 1.71 bits per heavy atom. The van der Waals surface area contributed by atoms with E-state index in [0.29, 0.717) is 6.42 Å². The van der Waals surface area contributed by atoms with Crippen LogP contribution in [0.2, 0.25) is 0 Å². The number of nitrogens with two attached hydrogens (primary N) is 2. The zero-order valence-corrected chi connectivity index (χ0v) is 10.7. The first kappa shape index (κ1) is 16.1. The molecule has 0 fully saturated rings. The SMILES string of the molecule is CCCCCCCC(=O)C(C)C(N)(N)C(=O)O. The van der Waals surface area contributed by atoms with Gasteiger partial charge in [-0.25, -0.2) is 4.79 Å². The van der Waals surface area contributed by atoms with Gasteiger partial charge in [-0.05, 0) is 6.42 Å². The van der Waals surface area contributed by atoms with Crippen LogP contribution in [-0.4, -0.2) is 22.5 Å². The number of unbranched alkanes of at least 4 members (excludes halogenated alkanes) is 4. The predicted octanol–water partition coefficient (Wildman–Crippen LogP) is 1.25. The van der Waals surface area contributed by atoms with Gasteiger partial charge in [-0.1, -0.05) is 39.5 Å². The molecule has 0 saturated heterocycles. The Kier molecular flexibility index (Phi) is 6.99. The summed E-state index contributed by atoms with van der Waals surface area (Å²) in [6.07, 6.45) is 5.54. The molecule has 1 unspecified atom stereocenters. The van der Waals surface area contributed by atoms with Gasteiger partial charge in [-0.15, -0.1) is 0 Å². The number of hydrogen-bond acceptors (Lipinski definition) is 4. The maximum absolute atomic E-state index is 11.7. The summed E-state index contributed by atoms with van der Waals surface area (Å²) in [5.41, 5.74) is 8.87. The van der Waals surface area contributed by atoms with E-state index in [-0.39, 0.29) is 5.78 Å². The number of rotatable bonds is 9. The molecule has 0 saturated carbocycles. The molecular weight excluding hydrogens is 220 g/mol. The summed E-state index contributed by atoms with van der Waals surface area (Å²) in [5.74, 6) is -2.37. The van der Waals surface area contributed by atoms with Crippen molar-refractivity contribution < 1.29 is 14.7 Å². The summed E-state index contributed by atoms with van der Waals surface area (Å²) < 4.78 is 0. The van der Waals surface area contributed by atoms with Crippen LogP contribution in [0.5, 0.6) is 0 Å². The molecule has 0 aliphatic carbocycles. The van der Waals surface area contributed by atoms with Gasteiger partial charge in [-0.3, -0.25) is 4.79 Å². The van der Waals surface area contributed by atoms with Crippen LogP contribution in [0.25, 0.3) is 0 Å². The lowest BCUT2D eigenvalue weighted by Crippen LogP contribution is -2.62. The van der Waals surface area contributed by atoms with Crippen LogP contribution in [0.1, 0.15) is 52.4 Å². The molecule has 0 bridgehead atoms. The molecule has 0 heterocycles. The lowest BCUT2D eigenvalue weighted by atomic mass is 9.89. The van der Waals surface area contributed by atoms with Crippen LogP contribution < -0.4 is 11.5 Å². The fourth-order valence-corrected chi connectivity index (χ4v) is 1.57. The van der Waals surface area contributed by atoms with E-state index in [9.17, 15) is 9.59 Å². The normalized spacial score (nSPS) is 13.4. The van der Waals surface area contributed by atoms with Gasteiger partial charge in [-0.2, -0.15) is 0 Å². The number of ketones is 1. The van der Waals surface area contributed by atoms with Crippen LogP contribution >= 0.6 is 0 Å². The third-order valence-electron chi connectivity index (χ3n) is 3.10. The smallest absolute Gasteiger partial charge is 0.339 e. The van der Waals surface area contributed by atoms with Crippen LogP contribution in [-0.2, 0) is 9.59 Å². The van der Waals surface area contributed by atoms with Gasteiger partial charge in [0.15, 0.2) is 5.66 Å². The minimum Gasteiger partial charge on any atom is -0.479 e. The predicted molar refractivity (Wildman–Crippen MR) is 66.3 cm³/mol. The van der Waals surface area contributed by atoms with E-state index in [4.69, 9.17) is 16.6 Å². The van der Waals surface area contributed by atoms with Crippen molar-refractivity contribution >= 4 is 11.8 Å². The quantitative estimate of drug-likeness (QED) is 0.418. The molecular formula is C12H24N2O3. The highest BCUT2D eigenvalue weighted by atomic mass is 16.4. The first-order valence-corrected chi connectivity index (χ1v) is 6.17. The Bertz CT molecular complexity index is 264. The number of carboxylic acid groups (broad SMARTS) is 1. The van der Waals surface area contributed by atoms with Gasteiger partial charge in [0.1, 0.15) is 5.78 Å². The third kappa shape index (κ3) is 5.28. The second-order valence-electron chi connectivity index (χ2n) is 4.59. The van der Waals surface area contributed by atoms with Gasteiger partial charge >= 0.3 is 5.97 Å². The molecule has 5 N–H and O–H groups in total. The molecule has 0 spiro atoms. The summed E-state index contributed by atoms with van der Waals surface area (Å²) in [6, 6.07) is 0. The molecule has 0 aromatic rings. The number of carbonyl (C=O) groups excluding carboxylic acids is 1. The van der Waals surface area contributed by atoms with Crippen molar-refractivity contribution in [3.63, 3.8) is 0 Å². The standard InChI is InChI=1S/C12H24N2O3/c1-3-4-5-6-7-8-10(15)9(2)12(13,14)11(16)17/h9H,3-8,13-14H2,1-2H3,(H,16,17). The maximum atomic E-state index is 11.7. The first-order chi connectivity index (χ1) is 7.84. The van der Waals surface area contributed by atoms with Gasteiger partial charge in [0.05, 0.1) is 5.92 Å². The molecule has 5 heteroatoms. The zero-order valence-electron chi connectivity index (χ0n) is 10.7. The maximum Gasteiger partial charge on any atom is 0.339 e.